The molecule has 0 aromatic rings. The van der Waals surface area contributed by atoms with Gasteiger partial charge >= 0.3 is 0 Å². The van der Waals surface area contributed by atoms with Gasteiger partial charge in [0.25, 0.3) is 0 Å². The van der Waals surface area contributed by atoms with Gasteiger partial charge in [-0.15, -0.1) is 0 Å². The van der Waals surface area contributed by atoms with E-state index in [4.69, 9.17) is 5.73 Å². The smallest absolute Gasteiger partial charge is 0.0172 e. The summed E-state index contributed by atoms with van der Waals surface area (Å²) in [7, 11) is 0. The van der Waals surface area contributed by atoms with Crippen LogP contribution in [0.5, 0.6) is 0 Å². The van der Waals surface area contributed by atoms with Crippen LogP contribution in [-0.4, -0.2) is 6.54 Å². The Bertz CT molecular complexity index is 356. The van der Waals surface area contributed by atoms with Gasteiger partial charge in [-0.05, 0) is 36.8 Å². The topological polar surface area (TPSA) is 26.0 Å². The van der Waals surface area contributed by atoms with E-state index >= 15 is 0 Å². The van der Waals surface area contributed by atoms with Crippen LogP contribution in [0.25, 0.3) is 0 Å². The zero-order valence-corrected chi connectivity index (χ0v) is 10.7. The fourth-order valence-corrected chi connectivity index (χ4v) is 1.93. The fraction of sp³-hybridized carbons (Fsp3) is 0.467. The van der Waals surface area contributed by atoms with Crippen molar-refractivity contribution in [2.24, 2.45) is 11.7 Å². The molecule has 16 heavy (non-hydrogen) atoms. The predicted octanol–water partition coefficient (Wildman–Crippen LogP) is 3.75. The lowest BCUT2D eigenvalue weighted by Gasteiger charge is -2.22. The van der Waals surface area contributed by atoms with Gasteiger partial charge in [0, 0.05) is 6.54 Å². The Morgan fingerprint density at radius 1 is 1.62 bits per heavy atom. The summed E-state index contributed by atoms with van der Waals surface area (Å²) < 4.78 is 0. The van der Waals surface area contributed by atoms with E-state index < -0.39 is 0 Å². The summed E-state index contributed by atoms with van der Waals surface area (Å²) in [6.07, 6.45) is 8.84. The van der Waals surface area contributed by atoms with Crippen molar-refractivity contribution in [1.82, 2.24) is 0 Å². The molecule has 2 N–H and O–H groups in total. The average Bonchev–Trinajstić information content (AvgIpc) is 2.30. The third-order valence-electron chi connectivity index (χ3n) is 3.34. The maximum atomic E-state index is 5.52. The highest BCUT2D eigenvalue weighted by atomic mass is 14.5. The number of allylic oxidation sites excluding steroid dienone is 5. The zero-order valence-electron chi connectivity index (χ0n) is 10.7. The number of hydrogen-bond donors (Lipinski definition) is 1. The minimum absolute atomic E-state index is 0.530. The van der Waals surface area contributed by atoms with E-state index in [0.29, 0.717) is 12.5 Å². The molecule has 0 radical (unpaired) electrons. The van der Waals surface area contributed by atoms with Crippen molar-refractivity contribution in [2.75, 3.05) is 6.54 Å². The van der Waals surface area contributed by atoms with E-state index in [-0.39, 0.29) is 0 Å². The van der Waals surface area contributed by atoms with Gasteiger partial charge in [-0.1, -0.05) is 49.8 Å². The van der Waals surface area contributed by atoms with Gasteiger partial charge in [0.15, 0.2) is 0 Å². The maximum absolute atomic E-state index is 5.52. The standard InChI is InChI=1S/C15H23N/c1-5-14-8-12(3)13(4)15(9-14)7-6-11(2)10-16/h6-7,9,12H,2,5,8,10,16H2,1,3-4H3/b7-6-. The van der Waals surface area contributed by atoms with E-state index in [1.807, 2.05) is 6.08 Å². The molecule has 0 aromatic carbocycles. The maximum Gasteiger partial charge on any atom is 0.0172 e. The van der Waals surface area contributed by atoms with E-state index in [1.165, 1.54) is 23.1 Å². The molecule has 0 amide bonds. The molecule has 0 aromatic heterocycles. The molecule has 1 aliphatic carbocycles. The zero-order chi connectivity index (χ0) is 12.1. The van der Waals surface area contributed by atoms with Crippen LogP contribution < -0.4 is 5.73 Å². The highest BCUT2D eigenvalue weighted by molar-refractivity contribution is 5.43. The molecule has 1 aliphatic rings. The number of rotatable bonds is 4. The molecule has 0 saturated carbocycles. The van der Waals surface area contributed by atoms with Crippen LogP contribution in [0, 0.1) is 5.92 Å². The molecule has 0 aliphatic heterocycles. The van der Waals surface area contributed by atoms with Crippen molar-refractivity contribution in [3.8, 4) is 0 Å². The van der Waals surface area contributed by atoms with Crippen molar-refractivity contribution in [3.05, 3.63) is 47.1 Å². The van der Waals surface area contributed by atoms with E-state index in [9.17, 15) is 0 Å². The van der Waals surface area contributed by atoms with Gasteiger partial charge in [-0.25, -0.2) is 0 Å². The van der Waals surface area contributed by atoms with Crippen molar-refractivity contribution in [3.63, 3.8) is 0 Å². The first-order chi connectivity index (χ1) is 7.58. The molecule has 1 heteroatoms. The molecule has 1 atom stereocenters. The monoisotopic (exact) mass is 217 g/mol. The minimum atomic E-state index is 0.530. The van der Waals surface area contributed by atoms with Crippen LogP contribution >= 0.6 is 0 Å². The van der Waals surface area contributed by atoms with Gasteiger partial charge in [-0.2, -0.15) is 0 Å². The third-order valence-corrected chi connectivity index (χ3v) is 3.34. The van der Waals surface area contributed by atoms with Crippen LogP contribution in [0.4, 0.5) is 0 Å². The second-order valence-electron chi connectivity index (χ2n) is 4.60. The summed E-state index contributed by atoms with van der Waals surface area (Å²) in [4.78, 5) is 0. The summed E-state index contributed by atoms with van der Waals surface area (Å²) in [5.74, 6) is 0.658. The minimum Gasteiger partial charge on any atom is -0.327 e. The SMILES string of the molecule is C=C(/C=C\C1=C(C)C(C)CC(CC)=C1)CN. The van der Waals surface area contributed by atoms with Gasteiger partial charge in [0.2, 0.25) is 0 Å². The molecule has 0 fully saturated rings. The lowest BCUT2D eigenvalue weighted by atomic mass is 9.84. The first kappa shape index (κ1) is 13.0. The van der Waals surface area contributed by atoms with Crippen molar-refractivity contribution in [1.29, 1.82) is 0 Å². The highest BCUT2D eigenvalue weighted by Gasteiger charge is 2.14. The second kappa shape index (κ2) is 5.86. The Kier molecular flexibility index (Phi) is 4.75. The van der Waals surface area contributed by atoms with Gasteiger partial charge in [-0.3, -0.25) is 0 Å². The van der Waals surface area contributed by atoms with Crippen LogP contribution in [-0.2, 0) is 0 Å². The molecule has 0 bridgehead atoms. The van der Waals surface area contributed by atoms with E-state index in [0.717, 1.165) is 12.0 Å². The normalized spacial score (nSPS) is 21.5. The van der Waals surface area contributed by atoms with Crippen LogP contribution in [0.1, 0.15) is 33.6 Å². The van der Waals surface area contributed by atoms with Crippen molar-refractivity contribution >= 4 is 0 Å². The summed E-state index contributed by atoms with van der Waals surface area (Å²) in [6, 6.07) is 0. The fourth-order valence-electron chi connectivity index (χ4n) is 1.93. The Balaban J connectivity index is 2.91. The summed E-state index contributed by atoms with van der Waals surface area (Å²) in [5.41, 5.74) is 10.8. The molecular weight excluding hydrogens is 194 g/mol. The van der Waals surface area contributed by atoms with Crippen molar-refractivity contribution < 1.29 is 0 Å². The predicted molar refractivity (Wildman–Crippen MR) is 72.2 cm³/mol. The highest BCUT2D eigenvalue weighted by Crippen LogP contribution is 2.31. The molecule has 1 unspecified atom stereocenters. The van der Waals surface area contributed by atoms with Crippen LogP contribution in [0.15, 0.2) is 47.1 Å². The first-order valence-electron chi connectivity index (χ1n) is 6.04. The Labute approximate surface area is 99.4 Å². The molecular formula is C15H23N. The average molecular weight is 217 g/mol. The summed E-state index contributed by atoms with van der Waals surface area (Å²) in [6.45, 7) is 11.2. The Morgan fingerprint density at radius 2 is 2.31 bits per heavy atom. The molecule has 1 nitrogen and oxygen atoms in total. The second-order valence-corrected chi connectivity index (χ2v) is 4.60. The van der Waals surface area contributed by atoms with E-state index in [2.05, 4.69) is 39.5 Å². The Hall–Kier alpha value is -1.08. The number of nitrogens with two attached hydrogens (primary N) is 1. The molecule has 0 heterocycles. The molecule has 88 valence electrons. The first-order valence-corrected chi connectivity index (χ1v) is 6.04. The number of hydrogen-bond acceptors (Lipinski definition) is 1. The van der Waals surface area contributed by atoms with Gasteiger partial charge in [0.1, 0.15) is 0 Å². The summed E-state index contributed by atoms with van der Waals surface area (Å²) >= 11 is 0. The van der Waals surface area contributed by atoms with Crippen LogP contribution in [0.3, 0.4) is 0 Å². The molecule has 1 rings (SSSR count). The molecule has 0 spiro atoms. The Morgan fingerprint density at radius 3 is 2.88 bits per heavy atom. The third kappa shape index (κ3) is 3.21. The van der Waals surface area contributed by atoms with Gasteiger partial charge < -0.3 is 5.73 Å². The quantitative estimate of drug-likeness (QED) is 0.713. The van der Waals surface area contributed by atoms with Gasteiger partial charge in [0.05, 0.1) is 0 Å². The van der Waals surface area contributed by atoms with E-state index in [1.54, 1.807) is 0 Å². The lowest BCUT2D eigenvalue weighted by Crippen LogP contribution is -2.06. The van der Waals surface area contributed by atoms with Crippen molar-refractivity contribution in [2.45, 2.75) is 33.6 Å². The largest absolute Gasteiger partial charge is 0.327 e. The molecule has 0 saturated heterocycles. The lowest BCUT2D eigenvalue weighted by molar-refractivity contribution is 0.643. The summed E-state index contributed by atoms with van der Waals surface area (Å²) in [5, 5.41) is 0. The van der Waals surface area contributed by atoms with Crippen LogP contribution in [0.2, 0.25) is 0 Å².